The van der Waals surface area contributed by atoms with Gasteiger partial charge in [-0.25, -0.2) is 9.78 Å². The van der Waals surface area contributed by atoms with Crippen LogP contribution in [0.4, 0.5) is 0 Å². The number of halogens is 2. The number of ether oxygens (including phenoxy) is 1. The van der Waals surface area contributed by atoms with Crippen LogP contribution >= 0.6 is 27.5 Å². The number of fused-ring (bicyclic) bond motifs is 1. The lowest BCUT2D eigenvalue weighted by Gasteiger charge is -2.34. The van der Waals surface area contributed by atoms with E-state index in [0.29, 0.717) is 32.2 Å². The first kappa shape index (κ1) is 30.1. The van der Waals surface area contributed by atoms with Crippen molar-refractivity contribution in [2.24, 2.45) is 0 Å². The zero-order chi connectivity index (χ0) is 31.9. The summed E-state index contributed by atoms with van der Waals surface area (Å²) >= 11 is 9.69. The molecule has 10 nitrogen and oxygen atoms in total. The smallest absolute Gasteiger partial charge is 0.333 e. The largest absolute Gasteiger partial charge is 0.490 e. The van der Waals surface area contributed by atoms with Crippen molar-refractivity contribution in [2.45, 2.75) is 51.5 Å². The summed E-state index contributed by atoms with van der Waals surface area (Å²) in [6.45, 7) is 2.37. The lowest BCUT2D eigenvalue weighted by atomic mass is 10.0. The number of nitrogens with zero attached hydrogens (tertiary/aromatic N) is 4. The number of imidazole rings is 2. The van der Waals surface area contributed by atoms with Gasteiger partial charge >= 0.3 is 5.69 Å². The van der Waals surface area contributed by atoms with Crippen molar-refractivity contribution in [1.82, 2.24) is 29.3 Å². The molecule has 0 spiro atoms. The number of aromatic amines is 1. The molecule has 1 aliphatic heterocycles. The predicted octanol–water partition coefficient (Wildman–Crippen LogP) is 5.96. The highest BCUT2D eigenvalue weighted by molar-refractivity contribution is 9.10. The number of H-pyrrole nitrogens is 1. The number of carbonyl (C=O) groups excluding carboxylic acids is 2. The van der Waals surface area contributed by atoms with E-state index in [1.807, 2.05) is 43.3 Å². The fourth-order valence-electron chi connectivity index (χ4n) is 5.80. The van der Waals surface area contributed by atoms with E-state index in [-0.39, 0.29) is 49.1 Å². The minimum Gasteiger partial charge on any atom is -0.490 e. The molecule has 2 aliphatic rings. The number of rotatable bonds is 8. The van der Waals surface area contributed by atoms with E-state index < -0.39 is 5.91 Å². The van der Waals surface area contributed by atoms with Crippen LogP contribution in [0.2, 0.25) is 5.02 Å². The number of carbonyl (C=O) groups is 2. The van der Waals surface area contributed by atoms with Crippen molar-refractivity contribution in [3.63, 3.8) is 0 Å². The molecule has 2 N–H and O–H groups in total. The third-order valence-electron chi connectivity index (χ3n) is 8.34. The zero-order valence-electron chi connectivity index (χ0n) is 24.9. The van der Waals surface area contributed by atoms with Gasteiger partial charge in [-0.1, -0.05) is 35.9 Å². The van der Waals surface area contributed by atoms with Crippen LogP contribution in [0.1, 0.15) is 51.9 Å². The van der Waals surface area contributed by atoms with Gasteiger partial charge < -0.3 is 19.9 Å². The van der Waals surface area contributed by atoms with E-state index in [4.69, 9.17) is 16.3 Å². The topological polar surface area (TPSA) is 114 Å². The van der Waals surface area contributed by atoms with Crippen LogP contribution in [0, 0.1) is 0 Å². The molecule has 12 heteroatoms. The van der Waals surface area contributed by atoms with Gasteiger partial charge in [0.1, 0.15) is 11.4 Å². The molecule has 3 heterocycles. The van der Waals surface area contributed by atoms with Crippen LogP contribution in [0.25, 0.3) is 16.9 Å². The molecule has 0 bridgehead atoms. The molecule has 1 aliphatic carbocycles. The van der Waals surface area contributed by atoms with Crippen molar-refractivity contribution in [3.05, 3.63) is 122 Å². The monoisotopic (exact) mass is 700 g/mol. The van der Waals surface area contributed by atoms with Gasteiger partial charge in [-0.05, 0) is 83.7 Å². The summed E-state index contributed by atoms with van der Waals surface area (Å²) in [5.41, 5.74) is 3.73. The average molecular weight is 702 g/mol. The van der Waals surface area contributed by atoms with E-state index in [9.17, 15) is 14.4 Å². The highest BCUT2D eigenvalue weighted by Gasteiger charge is 2.35. The summed E-state index contributed by atoms with van der Waals surface area (Å²) in [7, 11) is 0. The van der Waals surface area contributed by atoms with Crippen LogP contribution in [-0.4, -0.2) is 48.0 Å². The van der Waals surface area contributed by atoms with E-state index in [1.54, 1.807) is 52.3 Å². The molecule has 1 saturated carbocycles. The number of nitrogens with one attached hydrogen (secondary N) is 2. The van der Waals surface area contributed by atoms with Crippen molar-refractivity contribution in [1.29, 1.82) is 0 Å². The molecule has 3 aromatic carbocycles. The predicted molar refractivity (Wildman–Crippen MR) is 177 cm³/mol. The summed E-state index contributed by atoms with van der Waals surface area (Å²) in [6.07, 6.45) is 5.69. The molecule has 7 rings (SSSR count). The van der Waals surface area contributed by atoms with Crippen molar-refractivity contribution < 1.29 is 14.3 Å². The Bertz CT molecular complexity index is 2000. The first-order valence-corrected chi connectivity index (χ1v) is 16.2. The molecule has 46 heavy (non-hydrogen) atoms. The Morgan fingerprint density at radius 1 is 1.11 bits per heavy atom. The molecule has 2 amide bonds. The van der Waals surface area contributed by atoms with E-state index in [0.717, 1.165) is 29.7 Å². The van der Waals surface area contributed by atoms with Gasteiger partial charge in [-0.15, -0.1) is 0 Å². The van der Waals surface area contributed by atoms with E-state index in [1.165, 1.54) is 4.57 Å². The Kier molecular flexibility index (Phi) is 8.04. The highest BCUT2D eigenvalue weighted by atomic mass is 79.9. The Labute approximate surface area is 278 Å². The van der Waals surface area contributed by atoms with Crippen LogP contribution < -0.4 is 15.7 Å². The maximum atomic E-state index is 14.2. The van der Waals surface area contributed by atoms with Crippen LogP contribution in [0.5, 0.6) is 5.75 Å². The molecule has 0 saturated heterocycles. The Morgan fingerprint density at radius 3 is 2.61 bits per heavy atom. The maximum Gasteiger partial charge on any atom is 0.333 e. The second-order valence-electron chi connectivity index (χ2n) is 11.5. The average Bonchev–Trinajstić information content (AvgIpc) is 3.61. The van der Waals surface area contributed by atoms with Crippen LogP contribution in [0.3, 0.4) is 0 Å². The first-order valence-electron chi connectivity index (χ1n) is 15.0. The molecular formula is C34H30BrClN6O4. The van der Waals surface area contributed by atoms with Crippen molar-refractivity contribution >= 4 is 39.3 Å². The molecule has 234 valence electrons. The normalized spacial score (nSPS) is 15.8. The first-order chi connectivity index (χ1) is 22.3. The maximum absolute atomic E-state index is 14.2. The van der Waals surface area contributed by atoms with E-state index in [2.05, 4.69) is 31.2 Å². The molecule has 0 unspecified atom stereocenters. The molecule has 5 aromatic rings. The number of hydrogen-bond donors (Lipinski definition) is 2. The third kappa shape index (κ3) is 5.76. The van der Waals surface area contributed by atoms with Gasteiger partial charge in [0, 0.05) is 40.9 Å². The second kappa shape index (κ2) is 12.3. The molecule has 0 radical (unpaired) electrons. The lowest BCUT2D eigenvalue weighted by Crippen LogP contribution is -2.47. The summed E-state index contributed by atoms with van der Waals surface area (Å²) in [6, 6.07) is 19.6. The number of amides is 2. The van der Waals surface area contributed by atoms with Crippen molar-refractivity contribution in [3.8, 4) is 22.7 Å². The quantitative estimate of drug-likeness (QED) is 0.207. The van der Waals surface area contributed by atoms with Gasteiger partial charge in [-0.3, -0.25) is 18.7 Å². The van der Waals surface area contributed by atoms with E-state index >= 15 is 0 Å². The summed E-state index contributed by atoms with van der Waals surface area (Å²) < 4.78 is 9.63. The Hall–Kier alpha value is -4.61. The van der Waals surface area contributed by atoms with Gasteiger partial charge in [0.2, 0.25) is 0 Å². The zero-order valence-corrected chi connectivity index (χ0v) is 27.2. The molecule has 1 fully saturated rings. The molecule has 2 aromatic heterocycles. The van der Waals surface area contributed by atoms with Crippen molar-refractivity contribution in [2.75, 3.05) is 0 Å². The SMILES string of the molecule is C[C@@H]1Cn2c(c(C(=O)NCc3ccccc3-c3c[nH]cn3)n(-c3ccc(OC4CC4)cc3)c2=O)CN1C(=O)c1ccc(Br)c(Cl)c1. The summed E-state index contributed by atoms with van der Waals surface area (Å²) in [5.74, 6) is 0.0339. The highest BCUT2D eigenvalue weighted by Crippen LogP contribution is 2.30. The third-order valence-corrected chi connectivity index (χ3v) is 9.57. The fourth-order valence-corrected chi connectivity index (χ4v) is 6.23. The van der Waals surface area contributed by atoms with Gasteiger partial charge in [0.05, 0.1) is 41.1 Å². The minimum absolute atomic E-state index is 0.0609. The Balaban J connectivity index is 1.26. The lowest BCUT2D eigenvalue weighted by molar-refractivity contribution is 0.0610. The standard InChI is InChI=1S/C34H30BrClN6O4/c1-20-17-41-30(18-40(20)33(44)21-6-13-27(35)28(36)14-21)31(42(34(41)45)23-7-9-24(10-8-23)46-25-11-12-25)32(43)38-15-22-4-2-3-5-26(22)29-16-37-19-39-29/h2-10,13-14,16,19-20,25H,11-12,15,17-18H2,1H3,(H,37,39)(H,38,43)/t20-/m1/s1. The van der Waals surface area contributed by atoms with Gasteiger partial charge in [0.15, 0.2) is 0 Å². The number of aromatic nitrogens is 4. The van der Waals surface area contributed by atoms with Crippen LogP contribution in [0.15, 0.2) is 88.5 Å². The number of hydrogen-bond acceptors (Lipinski definition) is 5. The summed E-state index contributed by atoms with van der Waals surface area (Å²) in [5, 5.41) is 3.46. The second-order valence-corrected chi connectivity index (χ2v) is 12.8. The fraction of sp³-hybridized carbons (Fsp3) is 0.235. The van der Waals surface area contributed by atoms with Gasteiger partial charge in [0.25, 0.3) is 11.8 Å². The van der Waals surface area contributed by atoms with Crippen LogP contribution in [-0.2, 0) is 19.6 Å². The number of benzene rings is 3. The summed E-state index contributed by atoms with van der Waals surface area (Å²) in [4.78, 5) is 51.0. The minimum atomic E-state index is -0.436. The molecular weight excluding hydrogens is 672 g/mol. The molecule has 1 atom stereocenters. The Morgan fingerprint density at radius 2 is 1.89 bits per heavy atom. The van der Waals surface area contributed by atoms with Gasteiger partial charge in [-0.2, -0.15) is 0 Å².